The first-order chi connectivity index (χ1) is 13.0. The fourth-order valence-corrected chi connectivity index (χ4v) is 4.22. The molecule has 0 aromatic carbocycles. The van der Waals surface area contributed by atoms with Gasteiger partial charge in [0.05, 0.1) is 18.6 Å². The van der Waals surface area contributed by atoms with Crippen molar-refractivity contribution < 1.29 is 8.42 Å². The zero-order valence-electron chi connectivity index (χ0n) is 14.0. The van der Waals surface area contributed by atoms with Gasteiger partial charge in [-0.2, -0.15) is 22.7 Å². The first-order valence-corrected chi connectivity index (χ1v) is 9.34. The Hall–Kier alpha value is -3.60. The third kappa shape index (κ3) is 2.32. The molecule has 0 spiro atoms. The van der Waals surface area contributed by atoms with Gasteiger partial charge in [-0.1, -0.05) is 0 Å². The Morgan fingerprint density at radius 2 is 1.85 bits per heavy atom. The highest BCUT2D eigenvalue weighted by Crippen LogP contribution is 2.24. The normalized spacial score (nSPS) is 12.2. The van der Waals surface area contributed by atoms with Crippen LogP contribution in [0.5, 0.6) is 0 Å². The van der Waals surface area contributed by atoms with Crippen LogP contribution in [0.4, 0.5) is 0 Å². The van der Waals surface area contributed by atoms with Crippen LogP contribution in [-0.2, 0) is 17.1 Å². The Bertz CT molecular complexity index is 1410. The van der Waals surface area contributed by atoms with Crippen molar-refractivity contribution in [3.05, 3.63) is 55.5 Å². The molecule has 0 bridgehead atoms. The first-order valence-electron chi connectivity index (χ1n) is 7.90. The lowest BCUT2D eigenvalue weighted by molar-refractivity contribution is 0.577. The van der Waals surface area contributed by atoms with Crippen molar-refractivity contribution in [3.8, 4) is 11.1 Å². The summed E-state index contributed by atoms with van der Waals surface area (Å²) in [6, 6.07) is 3.36. The van der Waals surface area contributed by atoms with Crippen LogP contribution in [0.25, 0.3) is 27.9 Å². The first kappa shape index (κ1) is 15.6. The van der Waals surface area contributed by atoms with Gasteiger partial charge >= 0.3 is 10.0 Å². The number of imidazole rings is 1. The van der Waals surface area contributed by atoms with E-state index in [1.54, 1.807) is 41.6 Å². The van der Waals surface area contributed by atoms with E-state index in [1.165, 1.54) is 16.8 Å². The molecule has 11 heteroatoms. The molecular formula is C16H12N8O2S. The molecule has 0 fully saturated rings. The molecule has 10 nitrogen and oxygen atoms in total. The van der Waals surface area contributed by atoms with E-state index in [9.17, 15) is 8.42 Å². The van der Waals surface area contributed by atoms with Crippen molar-refractivity contribution >= 4 is 26.8 Å². The molecule has 27 heavy (non-hydrogen) atoms. The largest absolute Gasteiger partial charge is 0.301 e. The predicted octanol–water partition coefficient (Wildman–Crippen LogP) is 1.11. The van der Waals surface area contributed by atoms with Crippen LogP contribution < -0.4 is 0 Å². The molecule has 0 atom stereocenters. The minimum atomic E-state index is -3.99. The summed E-state index contributed by atoms with van der Waals surface area (Å²) in [5.74, 6) is 0.293. The van der Waals surface area contributed by atoms with Crippen LogP contribution in [0, 0.1) is 0 Å². The van der Waals surface area contributed by atoms with Crippen LogP contribution in [0.3, 0.4) is 0 Å². The van der Waals surface area contributed by atoms with Gasteiger partial charge in [0.15, 0.2) is 5.03 Å². The number of hydrogen-bond acceptors (Lipinski definition) is 7. The van der Waals surface area contributed by atoms with Crippen molar-refractivity contribution in [2.45, 2.75) is 5.03 Å². The topological polar surface area (TPSA) is 113 Å². The second kappa shape index (κ2) is 5.45. The van der Waals surface area contributed by atoms with E-state index in [-0.39, 0.29) is 5.03 Å². The molecule has 0 aliphatic carbocycles. The second-order valence-electron chi connectivity index (χ2n) is 5.91. The van der Waals surface area contributed by atoms with E-state index in [4.69, 9.17) is 0 Å². The van der Waals surface area contributed by atoms with Gasteiger partial charge in [0.25, 0.3) is 0 Å². The van der Waals surface area contributed by atoms with E-state index in [1.807, 2.05) is 13.2 Å². The average molecular weight is 380 g/mol. The summed E-state index contributed by atoms with van der Waals surface area (Å²) in [5, 5.41) is 8.16. The second-order valence-corrected chi connectivity index (χ2v) is 7.62. The van der Waals surface area contributed by atoms with Gasteiger partial charge < -0.3 is 0 Å². The quantitative estimate of drug-likeness (QED) is 0.461. The molecule has 0 amide bonds. The third-order valence-corrected chi connectivity index (χ3v) is 5.75. The highest BCUT2D eigenvalue weighted by Gasteiger charge is 2.25. The van der Waals surface area contributed by atoms with Crippen LogP contribution in [-0.4, -0.2) is 46.7 Å². The summed E-state index contributed by atoms with van der Waals surface area (Å²) >= 11 is 0. The molecule has 0 aliphatic rings. The molecular weight excluding hydrogens is 368 g/mol. The van der Waals surface area contributed by atoms with Crippen LogP contribution in [0.2, 0.25) is 0 Å². The van der Waals surface area contributed by atoms with Gasteiger partial charge in [-0.05, 0) is 12.1 Å². The Balaban J connectivity index is 1.72. The number of aryl methyl sites for hydroxylation is 1. The predicted molar refractivity (Wildman–Crippen MR) is 95.3 cm³/mol. The molecule has 0 saturated carbocycles. The number of pyridine rings is 1. The molecule has 0 N–H and O–H groups in total. The number of aromatic nitrogens is 8. The maximum absolute atomic E-state index is 13.2. The summed E-state index contributed by atoms with van der Waals surface area (Å²) in [6.07, 6.45) is 11.0. The Morgan fingerprint density at radius 3 is 2.67 bits per heavy atom. The molecule has 134 valence electrons. The van der Waals surface area contributed by atoms with Gasteiger partial charge in [0.2, 0.25) is 5.78 Å². The van der Waals surface area contributed by atoms with Gasteiger partial charge in [-0.15, -0.1) is 0 Å². The minimum absolute atomic E-state index is 0.0256. The summed E-state index contributed by atoms with van der Waals surface area (Å²) in [4.78, 5) is 12.4. The van der Waals surface area contributed by atoms with E-state index in [0.717, 1.165) is 15.2 Å². The fourth-order valence-electron chi connectivity index (χ4n) is 2.89. The van der Waals surface area contributed by atoms with Gasteiger partial charge in [-0.3, -0.25) is 14.1 Å². The highest BCUT2D eigenvalue weighted by molar-refractivity contribution is 7.90. The SMILES string of the molecule is Cn1cc(-c2cnc3cnn(S(=O)(=O)c4cnc5ncccn45)c3c2)cn1. The summed E-state index contributed by atoms with van der Waals surface area (Å²) in [6.45, 7) is 0. The van der Waals surface area contributed by atoms with Crippen molar-refractivity contribution in [1.29, 1.82) is 0 Å². The summed E-state index contributed by atoms with van der Waals surface area (Å²) in [7, 11) is -2.19. The standard InChI is InChI=1S/C16H12N8O2S/c1-22-10-12(7-20-22)11-5-14-13(18-6-11)8-21-24(14)27(25,26)15-9-19-16-17-3-2-4-23(15)16/h2-10H,1H3. The number of hydrogen-bond donors (Lipinski definition) is 0. The molecule has 0 unspecified atom stereocenters. The van der Waals surface area contributed by atoms with E-state index in [2.05, 4.69) is 25.1 Å². The number of fused-ring (bicyclic) bond motifs is 2. The van der Waals surface area contributed by atoms with Crippen molar-refractivity contribution in [2.24, 2.45) is 7.05 Å². The monoisotopic (exact) mass is 380 g/mol. The molecule has 5 aromatic heterocycles. The minimum Gasteiger partial charge on any atom is -0.275 e. The molecule has 0 saturated heterocycles. The maximum Gasteiger partial charge on any atom is 0.301 e. The number of rotatable bonds is 3. The Kier molecular flexibility index (Phi) is 3.15. The molecule has 5 aromatic rings. The molecule has 0 radical (unpaired) electrons. The van der Waals surface area contributed by atoms with Gasteiger partial charge in [0.1, 0.15) is 11.0 Å². The summed E-state index contributed by atoms with van der Waals surface area (Å²) < 4.78 is 30.4. The Labute approximate surface area is 152 Å². The average Bonchev–Trinajstić information content (AvgIpc) is 3.38. The van der Waals surface area contributed by atoms with Gasteiger partial charge in [-0.25, -0.2) is 9.97 Å². The van der Waals surface area contributed by atoms with E-state index in [0.29, 0.717) is 16.8 Å². The zero-order valence-corrected chi connectivity index (χ0v) is 14.8. The summed E-state index contributed by atoms with van der Waals surface area (Å²) in [5.41, 5.74) is 2.41. The lowest BCUT2D eigenvalue weighted by Gasteiger charge is -2.06. The maximum atomic E-state index is 13.2. The van der Waals surface area contributed by atoms with Crippen LogP contribution in [0.1, 0.15) is 0 Å². The van der Waals surface area contributed by atoms with E-state index >= 15 is 0 Å². The Morgan fingerprint density at radius 1 is 0.963 bits per heavy atom. The lowest BCUT2D eigenvalue weighted by atomic mass is 10.1. The lowest BCUT2D eigenvalue weighted by Crippen LogP contribution is -2.16. The van der Waals surface area contributed by atoms with Crippen molar-refractivity contribution in [3.63, 3.8) is 0 Å². The van der Waals surface area contributed by atoms with E-state index < -0.39 is 10.0 Å². The van der Waals surface area contributed by atoms with Gasteiger partial charge in [0, 0.05) is 43.0 Å². The fraction of sp³-hybridized carbons (Fsp3) is 0.0625. The van der Waals surface area contributed by atoms with Crippen molar-refractivity contribution in [1.82, 2.24) is 38.3 Å². The highest BCUT2D eigenvalue weighted by atomic mass is 32.2. The van der Waals surface area contributed by atoms with Crippen LogP contribution in [0.15, 0.2) is 60.5 Å². The molecule has 0 aliphatic heterocycles. The smallest absolute Gasteiger partial charge is 0.275 e. The van der Waals surface area contributed by atoms with Crippen LogP contribution >= 0.6 is 0 Å². The number of nitrogens with zero attached hydrogens (tertiary/aromatic N) is 8. The molecule has 5 rings (SSSR count). The molecule has 5 heterocycles. The van der Waals surface area contributed by atoms with Crippen molar-refractivity contribution in [2.75, 3.05) is 0 Å². The zero-order chi connectivity index (χ0) is 18.6. The third-order valence-electron chi connectivity index (χ3n) is 4.17.